The van der Waals surface area contributed by atoms with E-state index < -0.39 is 22.9 Å². The Balaban J connectivity index is 1.79. The van der Waals surface area contributed by atoms with Gasteiger partial charge in [0.2, 0.25) is 18.0 Å². The van der Waals surface area contributed by atoms with Gasteiger partial charge in [-0.1, -0.05) is 43.2 Å². The topological polar surface area (TPSA) is 154 Å². The number of carbonyl (C=O) groups is 3. The standard InChI is InChI=1S/C24H27N5O6/c1-28-19-14-13-17(29(34)35)15-18(19)22(16-9-5-4-6-10-16)26-23(24(28)32)25-20(30)11-7-2-3-8-12-21(31)27-33/h4-6,9-10,13-15,23,33H,2-3,7-8,11-12H2,1H3,(H,25,30)(H,27,31). The molecular formula is C24H27N5O6. The molecule has 11 nitrogen and oxygen atoms in total. The summed E-state index contributed by atoms with van der Waals surface area (Å²) in [4.78, 5) is 53.5. The highest BCUT2D eigenvalue weighted by Gasteiger charge is 2.32. The van der Waals surface area contributed by atoms with Gasteiger partial charge in [0.05, 0.1) is 16.3 Å². The molecule has 1 atom stereocenters. The highest BCUT2D eigenvalue weighted by molar-refractivity contribution is 6.20. The van der Waals surface area contributed by atoms with Crippen LogP contribution in [0.3, 0.4) is 0 Å². The fourth-order valence-corrected chi connectivity index (χ4v) is 3.80. The molecule has 0 saturated carbocycles. The van der Waals surface area contributed by atoms with Gasteiger partial charge in [-0.05, 0) is 18.9 Å². The number of aliphatic imine (C=N–C) groups is 1. The van der Waals surface area contributed by atoms with Crippen molar-refractivity contribution in [3.05, 3.63) is 69.8 Å². The first-order chi connectivity index (χ1) is 16.8. The van der Waals surface area contributed by atoms with Gasteiger partial charge in [0, 0.05) is 43.1 Å². The number of carbonyl (C=O) groups excluding carboxylic acids is 3. The first-order valence-corrected chi connectivity index (χ1v) is 11.2. The summed E-state index contributed by atoms with van der Waals surface area (Å²) >= 11 is 0. The molecule has 0 aliphatic carbocycles. The Morgan fingerprint density at radius 3 is 2.34 bits per heavy atom. The van der Waals surface area contributed by atoms with Gasteiger partial charge >= 0.3 is 0 Å². The summed E-state index contributed by atoms with van der Waals surface area (Å²) in [6.45, 7) is 0. The van der Waals surface area contributed by atoms with Crippen molar-refractivity contribution in [1.82, 2.24) is 10.8 Å². The Morgan fingerprint density at radius 2 is 1.71 bits per heavy atom. The van der Waals surface area contributed by atoms with Gasteiger partial charge in [0.25, 0.3) is 11.6 Å². The second-order valence-corrected chi connectivity index (χ2v) is 8.12. The molecule has 2 aromatic carbocycles. The number of hydroxylamine groups is 1. The van der Waals surface area contributed by atoms with Crippen LogP contribution in [0.1, 0.15) is 49.7 Å². The predicted octanol–water partition coefficient (Wildman–Crippen LogP) is 2.70. The molecule has 0 bridgehead atoms. The summed E-state index contributed by atoms with van der Waals surface area (Å²) in [6, 6.07) is 13.2. The molecule has 1 unspecified atom stereocenters. The number of non-ortho nitro benzene ring substituents is 1. The average molecular weight is 482 g/mol. The monoisotopic (exact) mass is 481 g/mol. The summed E-state index contributed by atoms with van der Waals surface area (Å²) in [5.41, 5.74) is 3.34. The number of hydrogen-bond donors (Lipinski definition) is 3. The van der Waals surface area contributed by atoms with Crippen LogP contribution in [-0.2, 0) is 14.4 Å². The van der Waals surface area contributed by atoms with E-state index in [1.54, 1.807) is 29.7 Å². The molecule has 11 heteroatoms. The van der Waals surface area contributed by atoms with Crippen molar-refractivity contribution in [3.8, 4) is 0 Å². The third-order valence-corrected chi connectivity index (χ3v) is 5.66. The first-order valence-electron chi connectivity index (χ1n) is 11.2. The third-order valence-electron chi connectivity index (χ3n) is 5.66. The summed E-state index contributed by atoms with van der Waals surface area (Å²) < 4.78 is 0. The van der Waals surface area contributed by atoms with Gasteiger partial charge < -0.3 is 10.2 Å². The van der Waals surface area contributed by atoms with E-state index in [4.69, 9.17) is 5.21 Å². The van der Waals surface area contributed by atoms with Crippen LogP contribution in [-0.4, -0.2) is 46.8 Å². The molecule has 184 valence electrons. The Morgan fingerprint density at radius 1 is 1.06 bits per heavy atom. The van der Waals surface area contributed by atoms with E-state index in [0.717, 1.165) is 6.42 Å². The largest absolute Gasteiger partial charge is 0.327 e. The molecule has 0 aromatic heterocycles. The minimum absolute atomic E-state index is 0.132. The molecule has 1 aliphatic heterocycles. The fraction of sp³-hybridized carbons (Fsp3) is 0.333. The number of unbranched alkanes of at least 4 members (excludes halogenated alkanes) is 3. The van der Waals surface area contributed by atoms with Crippen molar-refractivity contribution in [1.29, 1.82) is 0 Å². The number of nitro benzene ring substituents is 1. The molecule has 0 radical (unpaired) electrons. The van der Waals surface area contributed by atoms with Crippen molar-refractivity contribution in [2.75, 3.05) is 11.9 Å². The lowest BCUT2D eigenvalue weighted by Crippen LogP contribution is -2.46. The van der Waals surface area contributed by atoms with Gasteiger partial charge in [-0.25, -0.2) is 10.5 Å². The minimum Gasteiger partial charge on any atom is -0.327 e. The van der Waals surface area contributed by atoms with Gasteiger partial charge in [0.1, 0.15) is 0 Å². The number of nitro groups is 1. The van der Waals surface area contributed by atoms with Crippen LogP contribution in [0, 0.1) is 10.1 Å². The van der Waals surface area contributed by atoms with Crippen LogP contribution >= 0.6 is 0 Å². The zero-order valence-corrected chi connectivity index (χ0v) is 19.3. The normalized spacial score (nSPS) is 15.0. The van der Waals surface area contributed by atoms with E-state index in [0.29, 0.717) is 41.8 Å². The molecule has 1 heterocycles. The number of nitrogens with one attached hydrogen (secondary N) is 2. The number of amides is 3. The molecule has 0 fully saturated rings. The highest BCUT2D eigenvalue weighted by Crippen LogP contribution is 2.30. The Bertz CT molecular complexity index is 1130. The number of benzodiazepines with no additional fused rings is 1. The zero-order valence-electron chi connectivity index (χ0n) is 19.3. The zero-order chi connectivity index (χ0) is 25.4. The van der Waals surface area contributed by atoms with Crippen molar-refractivity contribution in [2.24, 2.45) is 4.99 Å². The number of benzene rings is 2. The van der Waals surface area contributed by atoms with Crippen LogP contribution in [0.2, 0.25) is 0 Å². The molecular weight excluding hydrogens is 454 g/mol. The molecule has 3 rings (SSSR count). The van der Waals surface area contributed by atoms with Crippen LogP contribution in [0.5, 0.6) is 0 Å². The number of nitrogens with zero attached hydrogens (tertiary/aromatic N) is 3. The van der Waals surface area contributed by atoms with E-state index in [1.165, 1.54) is 30.1 Å². The molecule has 35 heavy (non-hydrogen) atoms. The van der Waals surface area contributed by atoms with E-state index in [2.05, 4.69) is 10.3 Å². The van der Waals surface area contributed by atoms with Gasteiger partial charge in [-0.15, -0.1) is 0 Å². The number of fused-ring (bicyclic) bond motifs is 1. The van der Waals surface area contributed by atoms with Gasteiger partial charge in [0.15, 0.2) is 0 Å². The van der Waals surface area contributed by atoms with E-state index in [9.17, 15) is 24.5 Å². The molecule has 3 amide bonds. The number of rotatable bonds is 10. The van der Waals surface area contributed by atoms with Crippen molar-refractivity contribution in [2.45, 2.75) is 44.7 Å². The van der Waals surface area contributed by atoms with Crippen LogP contribution in [0.25, 0.3) is 0 Å². The Labute approximate surface area is 202 Å². The summed E-state index contributed by atoms with van der Waals surface area (Å²) in [5, 5.41) is 22.6. The fourth-order valence-electron chi connectivity index (χ4n) is 3.80. The quantitative estimate of drug-likeness (QED) is 0.205. The molecule has 3 N–H and O–H groups in total. The Hall–Kier alpha value is -4.12. The van der Waals surface area contributed by atoms with Crippen LogP contribution in [0.15, 0.2) is 53.5 Å². The van der Waals surface area contributed by atoms with E-state index >= 15 is 0 Å². The van der Waals surface area contributed by atoms with Crippen molar-refractivity contribution < 1.29 is 24.5 Å². The average Bonchev–Trinajstić information content (AvgIpc) is 2.96. The molecule has 0 spiro atoms. The van der Waals surface area contributed by atoms with Gasteiger partial charge in [-0.3, -0.25) is 29.7 Å². The number of anilines is 1. The lowest BCUT2D eigenvalue weighted by Gasteiger charge is -2.20. The summed E-state index contributed by atoms with van der Waals surface area (Å²) in [7, 11) is 1.54. The highest BCUT2D eigenvalue weighted by atomic mass is 16.6. The second-order valence-electron chi connectivity index (χ2n) is 8.12. The summed E-state index contributed by atoms with van der Waals surface area (Å²) in [6.07, 6.45) is 1.77. The molecule has 2 aromatic rings. The lowest BCUT2D eigenvalue weighted by atomic mass is 9.99. The van der Waals surface area contributed by atoms with Crippen LogP contribution in [0.4, 0.5) is 11.4 Å². The van der Waals surface area contributed by atoms with Crippen molar-refractivity contribution in [3.63, 3.8) is 0 Å². The molecule has 0 saturated heterocycles. The summed E-state index contributed by atoms with van der Waals surface area (Å²) in [5.74, 6) is -1.26. The first kappa shape index (κ1) is 25.5. The van der Waals surface area contributed by atoms with Gasteiger partial charge in [-0.2, -0.15) is 0 Å². The Kier molecular flexibility index (Phi) is 8.63. The molecule has 1 aliphatic rings. The maximum atomic E-state index is 13.2. The van der Waals surface area contributed by atoms with E-state index in [1.807, 2.05) is 6.07 Å². The van der Waals surface area contributed by atoms with E-state index in [-0.39, 0.29) is 24.4 Å². The van der Waals surface area contributed by atoms with Crippen molar-refractivity contribution >= 4 is 34.8 Å². The number of hydrogen-bond acceptors (Lipinski definition) is 7. The lowest BCUT2D eigenvalue weighted by molar-refractivity contribution is -0.384. The number of likely N-dealkylation sites (N-methyl/N-ethyl adjacent to an activating group) is 1. The third kappa shape index (κ3) is 6.48. The smallest absolute Gasteiger partial charge is 0.272 e. The minimum atomic E-state index is -1.19. The maximum absolute atomic E-state index is 13.2. The van der Waals surface area contributed by atoms with Crippen LogP contribution < -0.4 is 15.7 Å². The SMILES string of the molecule is CN1C(=O)C(NC(=O)CCCCCCC(=O)NO)N=C(c2ccccc2)c2cc([N+](=O)[O-])ccc21. The second kappa shape index (κ2) is 11.8. The maximum Gasteiger partial charge on any atom is 0.272 e. The predicted molar refractivity (Wildman–Crippen MR) is 128 cm³/mol.